The Morgan fingerprint density at radius 2 is 2.29 bits per heavy atom. The molecule has 2 aromatic heterocycles. The van der Waals surface area contributed by atoms with Crippen LogP contribution in [0.15, 0.2) is 24.4 Å². The van der Waals surface area contributed by atoms with Crippen LogP contribution in [0.25, 0.3) is 0 Å². The smallest absolute Gasteiger partial charge is 0.176 e. The fraction of sp³-hybridized carbons (Fsp3) is 0.455. The molecular formula is C11H16N6. The van der Waals surface area contributed by atoms with Crippen molar-refractivity contribution < 1.29 is 0 Å². The van der Waals surface area contributed by atoms with Gasteiger partial charge in [0.2, 0.25) is 0 Å². The molecule has 0 spiro atoms. The first kappa shape index (κ1) is 11.7. The van der Waals surface area contributed by atoms with E-state index < -0.39 is 0 Å². The highest BCUT2D eigenvalue weighted by Gasteiger charge is 2.14. The van der Waals surface area contributed by atoms with Crippen molar-refractivity contribution in [3.63, 3.8) is 0 Å². The zero-order valence-corrected chi connectivity index (χ0v) is 10.0. The molecule has 6 nitrogen and oxygen atoms in total. The van der Waals surface area contributed by atoms with Crippen molar-refractivity contribution in [2.75, 3.05) is 6.54 Å². The number of likely N-dealkylation sites (N-methyl/N-ethyl adjacent to an activating group) is 1. The van der Waals surface area contributed by atoms with Gasteiger partial charge in [-0.2, -0.15) is 4.80 Å². The van der Waals surface area contributed by atoms with Gasteiger partial charge in [-0.15, -0.1) is 10.2 Å². The number of hydrogen-bond acceptors (Lipinski definition) is 5. The zero-order chi connectivity index (χ0) is 12.1. The summed E-state index contributed by atoms with van der Waals surface area (Å²) in [6.07, 6.45) is 2.49. The van der Waals surface area contributed by atoms with Crippen molar-refractivity contribution in [2.45, 2.75) is 19.4 Å². The van der Waals surface area contributed by atoms with Crippen LogP contribution in [0.4, 0.5) is 0 Å². The molecule has 0 bridgehead atoms. The van der Waals surface area contributed by atoms with E-state index in [0.717, 1.165) is 18.1 Å². The number of tetrazole rings is 1. The number of nitrogens with zero attached hydrogens (tertiary/aromatic N) is 5. The largest absolute Gasteiger partial charge is 0.309 e. The van der Waals surface area contributed by atoms with Crippen LogP contribution >= 0.6 is 0 Å². The summed E-state index contributed by atoms with van der Waals surface area (Å²) < 4.78 is 0. The molecule has 2 rings (SSSR count). The highest BCUT2D eigenvalue weighted by atomic mass is 15.6. The van der Waals surface area contributed by atoms with Crippen molar-refractivity contribution in [3.8, 4) is 0 Å². The minimum atomic E-state index is 0.130. The number of aromatic nitrogens is 5. The lowest BCUT2D eigenvalue weighted by atomic mass is 10.1. The van der Waals surface area contributed by atoms with Crippen LogP contribution in [-0.2, 0) is 13.5 Å². The van der Waals surface area contributed by atoms with Crippen LogP contribution in [0.5, 0.6) is 0 Å². The molecule has 0 saturated heterocycles. The molecule has 0 aliphatic carbocycles. The molecule has 0 fully saturated rings. The summed E-state index contributed by atoms with van der Waals surface area (Å²) in [4.78, 5) is 5.82. The highest BCUT2D eigenvalue weighted by molar-refractivity contribution is 5.10. The van der Waals surface area contributed by atoms with Crippen LogP contribution in [-0.4, -0.2) is 31.7 Å². The standard InChI is InChI=1S/C11H16N6/c1-3-12-10(9-6-4-5-7-13-9)8-11-14-16-17(2)15-11/h4-7,10,12H,3,8H2,1-2H3. The first-order valence-corrected chi connectivity index (χ1v) is 5.66. The van der Waals surface area contributed by atoms with E-state index >= 15 is 0 Å². The first-order valence-electron chi connectivity index (χ1n) is 5.66. The van der Waals surface area contributed by atoms with Gasteiger partial charge in [-0.1, -0.05) is 13.0 Å². The van der Waals surface area contributed by atoms with Crippen LogP contribution in [0.2, 0.25) is 0 Å². The lowest BCUT2D eigenvalue weighted by Gasteiger charge is -2.15. The second kappa shape index (κ2) is 5.49. The van der Waals surface area contributed by atoms with E-state index in [4.69, 9.17) is 0 Å². The minimum Gasteiger partial charge on any atom is -0.309 e. The molecule has 1 atom stereocenters. The van der Waals surface area contributed by atoms with E-state index in [2.05, 4.69) is 32.6 Å². The lowest BCUT2D eigenvalue weighted by molar-refractivity contribution is 0.523. The number of hydrogen-bond donors (Lipinski definition) is 1. The van der Waals surface area contributed by atoms with E-state index in [1.807, 2.05) is 18.2 Å². The van der Waals surface area contributed by atoms with Gasteiger partial charge in [-0.25, -0.2) is 0 Å². The second-order valence-electron chi connectivity index (χ2n) is 3.76. The Kier molecular flexibility index (Phi) is 3.77. The van der Waals surface area contributed by atoms with E-state index in [1.165, 1.54) is 4.80 Å². The predicted octanol–water partition coefficient (Wildman–Crippen LogP) is 0.498. The van der Waals surface area contributed by atoms with E-state index in [1.54, 1.807) is 13.2 Å². The summed E-state index contributed by atoms with van der Waals surface area (Å²) in [5.41, 5.74) is 1.00. The molecule has 2 aromatic rings. The van der Waals surface area contributed by atoms with Gasteiger partial charge in [-0.05, 0) is 23.9 Å². The average Bonchev–Trinajstić information content (AvgIpc) is 2.75. The molecule has 1 N–H and O–H groups in total. The maximum atomic E-state index is 4.36. The third-order valence-corrected chi connectivity index (χ3v) is 2.43. The minimum absolute atomic E-state index is 0.130. The molecule has 0 radical (unpaired) electrons. The maximum Gasteiger partial charge on any atom is 0.176 e. The Hall–Kier alpha value is -1.82. The van der Waals surface area contributed by atoms with Gasteiger partial charge >= 0.3 is 0 Å². The normalized spacial score (nSPS) is 12.6. The van der Waals surface area contributed by atoms with Gasteiger partial charge in [0.15, 0.2) is 5.82 Å². The SMILES string of the molecule is CCNC(Cc1nnn(C)n1)c1ccccn1. The second-order valence-corrected chi connectivity index (χ2v) is 3.76. The van der Waals surface area contributed by atoms with Crippen molar-refractivity contribution in [3.05, 3.63) is 35.9 Å². The van der Waals surface area contributed by atoms with Crippen molar-refractivity contribution in [1.82, 2.24) is 30.5 Å². The Bertz CT molecular complexity index is 452. The van der Waals surface area contributed by atoms with Gasteiger partial charge in [0.05, 0.1) is 18.8 Å². The monoisotopic (exact) mass is 232 g/mol. The first-order chi connectivity index (χ1) is 8.29. The molecule has 0 amide bonds. The van der Waals surface area contributed by atoms with Crippen LogP contribution in [0, 0.1) is 0 Å². The summed E-state index contributed by atoms with van der Waals surface area (Å²) >= 11 is 0. The molecule has 17 heavy (non-hydrogen) atoms. The van der Waals surface area contributed by atoms with Crippen LogP contribution < -0.4 is 5.32 Å². The summed E-state index contributed by atoms with van der Waals surface area (Å²) in [7, 11) is 1.76. The van der Waals surface area contributed by atoms with Gasteiger partial charge in [-0.3, -0.25) is 4.98 Å². The van der Waals surface area contributed by atoms with Crippen LogP contribution in [0.3, 0.4) is 0 Å². The number of rotatable bonds is 5. The highest BCUT2D eigenvalue weighted by Crippen LogP contribution is 2.13. The Morgan fingerprint density at radius 1 is 1.41 bits per heavy atom. The summed E-state index contributed by atoms with van der Waals surface area (Å²) in [6.45, 7) is 2.95. The number of aryl methyl sites for hydroxylation is 1. The quantitative estimate of drug-likeness (QED) is 0.813. The third-order valence-electron chi connectivity index (χ3n) is 2.43. The predicted molar refractivity (Wildman–Crippen MR) is 63.2 cm³/mol. The molecule has 0 aromatic carbocycles. The Morgan fingerprint density at radius 3 is 2.88 bits per heavy atom. The van der Waals surface area contributed by atoms with Crippen molar-refractivity contribution in [1.29, 1.82) is 0 Å². The molecule has 1 unspecified atom stereocenters. The zero-order valence-electron chi connectivity index (χ0n) is 10.0. The van der Waals surface area contributed by atoms with E-state index in [-0.39, 0.29) is 6.04 Å². The molecule has 6 heteroatoms. The van der Waals surface area contributed by atoms with Crippen LogP contribution in [0.1, 0.15) is 24.5 Å². The van der Waals surface area contributed by atoms with Crippen molar-refractivity contribution in [2.24, 2.45) is 7.05 Å². The molecule has 90 valence electrons. The molecule has 0 aliphatic rings. The number of nitrogens with one attached hydrogen (secondary N) is 1. The van der Waals surface area contributed by atoms with E-state index in [9.17, 15) is 0 Å². The van der Waals surface area contributed by atoms with E-state index in [0.29, 0.717) is 6.42 Å². The Labute approximate surface area is 100 Å². The summed E-state index contributed by atoms with van der Waals surface area (Å²) in [6, 6.07) is 6.03. The van der Waals surface area contributed by atoms with Gasteiger partial charge in [0.25, 0.3) is 0 Å². The Balaban J connectivity index is 2.13. The topological polar surface area (TPSA) is 68.5 Å². The fourth-order valence-corrected chi connectivity index (χ4v) is 1.70. The summed E-state index contributed by atoms with van der Waals surface area (Å²) in [5.74, 6) is 0.726. The maximum absolute atomic E-state index is 4.36. The van der Waals surface area contributed by atoms with Crippen molar-refractivity contribution >= 4 is 0 Å². The molecule has 0 saturated carbocycles. The molecule has 2 heterocycles. The molecular weight excluding hydrogens is 216 g/mol. The van der Waals surface area contributed by atoms with Gasteiger partial charge in [0, 0.05) is 12.6 Å². The number of pyridine rings is 1. The summed E-state index contributed by atoms with van der Waals surface area (Å²) in [5, 5.41) is 15.4. The fourth-order valence-electron chi connectivity index (χ4n) is 1.70. The van der Waals surface area contributed by atoms with Gasteiger partial charge < -0.3 is 5.32 Å². The average molecular weight is 232 g/mol. The lowest BCUT2D eigenvalue weighted by Crippen LogP contribution is -2.24. The van der Waals surface area contributed by atoms with Gasteiger partial charge in [0.1, 0.15) is 0 Å². The third kappa shape index (κ3) is 3.07. The molecule has 0 aliphatic heterocycles.